The Balaban J connectivity index is 2.88. The van der Waals surface area contributed by atoms with E-state index in [1.165, 1.54) is 24.3 Å². The lowest BCUT2D eigenvalue weighted by molar-refractivity contribution is -0.392. The van der Waals surface area contributed by atoms with Crippen LogP contribution in [0.2, 0.25) is 5.02 Å². The summed E-state index contributed by atoms with van der Waals surface area (Å²) in [6.07, 6.45) is 0. The molecule has 0 unspecified atom stereocenters. The van der Waals surface area contributed by atoms with Crippen LogP contribution in [0.25, 0.3) is 11.1 Å². The molecule has 2 aromatic rings. The monoisotopic (exact) mass is 322 g/mol. The van der Waals surface area contributed by atoms with Gasteiger partial charge in [-0.2, -0.15) is 0 Å². The molecular weight excluding hydrogens is 316 g/mol. The van der Waals surface area contributed by atoms with Gasteiger partial charge in [-0.3, -0.25) is 20.2 Å². The maximum Gasteiger partial charge on any atom is 0.337 e. The number of nitrogens with zero attached hydrogens (tertiary/aromatic N) is 2. The molecule has 0 atom stereocenters. The smallest absolute Gasteiger partial charge is 0.337 e. The van der Waals surface area contributed by atoms with Gasteiger partial charge >= 0.3 is 5.97 Å². The minimum Gasteiger partial charge on any atom is -0.478 e. The molecule has 1 N–H and O–H groups in total. The van der Waals surface area contributed by atoms with Crippen LogP contribution in [0, 0.1) is 20.2 Å². The summed E-state index contributed by atoms with van der Waals surface area (Å²) in [7, 11) is 0. The summed E-state index contributed by atoms with van der Waals surface area (Å²) in [6, 6.07) is 7.16. The number of rotatable bonds is 4. The molecule has 112 valence electrons. The van der Waals surface area contributed by atoms with Gasteiger partial charge in [0, 0.05) is 17.7 Å². The number of hydrogen-bond donors (Lipinski definition) is 1. The van der Waals surface area contributed by atoms with E-state index in [4.69, 9.17) is 16.7 Å². The Morgan fingerprint density at radius 2 is 1.50 bits per heavy atom. The van der Waals surface area contributed by atoms with Gasteiger partial charge < -0.3 is 5.11 Å². The summed E-state index contributed by atoms with van der Waals surface area (Å²) in [5, 5.41) is 31.0. The van der Waals surface area contributed by atoms with Gasteiger partial charge in [-0.1, -0.05) is 23.7 Å². The van der Waals surface area contributed by atoms with Crippen molar-refractivity contribution in [3.05, 3.63) is 67.2 Å². The zero-order chi connectivity index (χ0) is 16.4. The molecule has 0 amide bonds. The van der Waals surface area contributed by atoms with Gasteiger partial charge in [-0.15, -0.1) is 0 Å². The molecule has 0 saturated heterocycles. The zero-order valence-corrected chi connectivity index (χ0v) is 11.5. The lowest BCUT2D eigenvalue weighted by Gasteiger charge is -2.08. The molecule has 0 bridgehead atoms. The Morgan fingerprint density at radius 1 is 1.00 bits per heavy atom. The molecule has 22 heavy (non-hydrogen) atoms. The molecule has 0 radical (unpaired) electrons. The van der Waals surface area contributed by atoms with Crippen molar-refractivity contribution in [2.75, 3.05) is 0 Å². The van der Waals surface area contributed by atoms with Gasteiger partial charge in [0.2, 0.25) is 0 Å². The molecule has 0 fully saturated rings. The fraction of sp³-hybridized carbons (Fsp3) is 0. The number of nitro benzene ring substituents is 2. The topological polar surface area (TPSA) is 124 Å². The molecule has 0 spiro atoms. The summed E-state index contributed by atoms with van der Waals surface area (Å²) in [5.74, 6) is -1.34. The number of halogens is 1. The van der Waals surface area contributed by atoms with E-state index in [-0.39, 0.29) is 21.7 Å². The first kappa shape index (κ1) is 15.4. The van der Waals surface area contributed by atoms with Gasteiger partial charge in [0.25, 0.3) is 11.4 Å². The van der Waals surface area contributed by atoms with Crippen LogP contribution in [0.4, 0.5) is 11.4 Å². The Kier molecular flexibility index (Phi) is 4.04. The van der Waals surface area contributed by atoms with Crippen LogP contribution >= 0.6 is 11.6 Å². The largest absolute Gasteiger partial charge is 0.478 e. The molecule has 0 aliphatic rings. The normalized spacial score (nSPS) is 10.2. The first-order chi connectivity index (χ1) is 10.3. The molecule has 0 saturated carbocycles. The third kappa shape index (κ3) is 2.59. The second-order valence-electron chi connectivity index (χ2n) is 4.16. The first-order valence-electron chi connectivity index (χ1n) is 5.78. The van der Waals surface area contributed by atoms with Gasteiger partial charge in [-0.05, 0) is 12.1 Å². The molecule has 9 heteroatoms. The standard InChI is InChI=1S/C13H7ClN2O6/c14-12-7(3-1-4-8(12)13(17)18)11-9(15(19)20)5-2-6-10(11)16(21)22/h1-6H,(H,17,18). The molecule has 8 nitrogen and oxygen atoms in total. The Hall–Kier alpha value is -3.00. The molecule has 0 aromatic heterocycles. The van der Waals surface area contributed by atoms with Crippen molar-refractivity contribution in [3.8, 4) is 11.1 Å². The van der Waals surface area contributed by atoms with E-state index in [0.717, 1.165) is 12.1 Å². The van der Waals surface area contributed by atoms with Crippen LogP contribution in [-0.4, -0.2) is 20.9 Å². The molecule has 0 aliphatic carbocycles. The number of aromatic carboxylic acids is 1. The van der Waals surface area contributed by atoms with Crippen molar-refractivity contribution >= 4 is 28.9 Å². The highest BCUT2D eigenvalue weighted by Crippen LogP contribution is 2.42. The average molecular weight is 323 g/mol. The van der Waals surface area contributed by atoms with Crippen LogP contribution in [-0.2, 0) is 0 Å². The van der Waals surface area contributed by atoms with E-state index >= 15 is 0 Å². The minimum atomic E-state index is -1.34. The Morgan fingerprint density at radius 3 is 1.95 bits per heavy atom. The fourth-order valence-corrected chi connectivity index (χ4v) is 2.30. The van der Waals surface area contributed by atoms with E-state index in [0.29, 0.717) is 0 Å². The number of hydrogen-bond acceptors (Lipinski definition) is 5. The van der Waals surface area contributed by atoms with Crippen LogP contribution < -0.4 is 0 Å². The minimum absolute atomic E-state index is 0.0828. The number of carboxylic acid groups (broad SMARTS) is 1. The van der Waals surface area contributed by atoms with Crippen molar-refractivity contribution in [1.29, 1.82) is 0 Å². The second-order valence-corrected chi connectivity index (χ2v) is 4.54. The van der Waals surface area contributed by atoms with Gasteiger partial charge in [0.1, 0.15) is 5.56 Å². The first-order valence-corrected chi connectivity index (χ1v) is 6.16. The number of carbonyl (C=O) groups is 1. The van der Waals surface area contributed by atoms with Crippen molar-refractivity contribution in [3.63, 3.8) is 0 Å². The van der Waals surface area contributed by atoms with Gasteiger partial charge in [-0.25, -0.2) is 4.79 Å². The predicted molar refractivity (Wildman–Crippen MR) is 77.2 cm³/mol. The molecule has 2 aromatic carbocycles. The van der Waals surface area contributed by atoms with E-state index < -0.39 is 27.2 Å². The average Bonchev–Trinajstić information content (AvgIpc) is 2.46. The predicted octanol–water partition coefficient (Wildman–Crippen LogP) is 3.52. The third-order valence-electron chi connectivity index (χ3n) is 2.91. The fourth-order valence-electron chi connectivity index (χ4n) is 2.00. The van der Waals surface area contributed by atoms with E-state index in [1.807, 2.05) is 0 Å². The zero-order valence-electron chi connectivity index (χ0n) is 10.7. The molecule has 0 aliphatic heterocycles. The van der Waals surface area contributed by atoms with Crippen molar-refractivity contribution < 1.29 is 19.7 Å². The molecule has 2 rings (SSSR count). The summed E-state index contributed by atoms with van der Waals surface area (Å²) >= 11 is 5.97. The maximum absolute atomic E-state index is 11.1. The summed E-state index contributed by atoms with van der Waals surface area (Å²) in [6.45, 7) is 0. The van der Waals surface area contributed by atoms with Crippen molar-refractivity contribution in [1.82, 2.24) is 0 Å². The molecule has 0 heterocycles. The molecular formula is C13H7ClN2O6. The number of carboxylic acids is 1. The van der Waals surface area contributed by atoms with Crippen LogP contribution in [0.3, 0.4) is 0 Å². The highest BCUT2D eigenvalue weighted by Gasteiger charge is 2.28. The van der Waals surface area contributed by atoms with E-state index in [2.05, 4.69) is 0 Å². The van der Waals surface area contributed by atoms with Crippen LogP contribution in [0.1, 0.15) is 10.4 Å². The highest BCUT2D eigenvalue weighted by molar-refractivity contribution is 6.36. The van der Waals surface area contributed by atoms with Crippen LogP contribution in [0.15, 0.2) is 36.4 Å². The SMILES string of the molecule is O=C(O)c1cccc(-c2c([N+](=O)[O-])cccc2[N+](=O)[O-])c1Cl. The van der Waals surface area contributed by atoms with E-state index in [9.17, 15) is 25.0 Å². The summed E-state index contributed by atoms with van der Waals surface area (Å²) in [5.41, 5.74) is -1.77. The summed E-state index contributed by atoms with van der Waals surface area (Å²) < 4.78 is 0. The van der Waals surface area contributed by atoms with Crippen molar-refractivity contribution in [2.24, 2.45) is 0 Å². The van der Waals surface area contributed by atoms with Gasteiger partial charge in [0.15, 0.2) is 0 Å². The lowest BCUT2D eigenvalue weighted by atomic mass is 9.99. The highest BCUT2D eigenvalue weighted by atomic mass is 35.5. The quantitative estimate of drug-likeness (QED) is 0.678. The van der Waals surface area contributed by atoms with E-state index in [1.54, 1.807) is 0 Å². The third-order valence-corrected chi connectivity index (χ3v) is 3.32. The number of nitro groups is 2. The lowest BCUT2D eigenvalue weighted by Crippen LogP contribution is -2.01. The summed E-state index contributed by atoms with van der Waals surface area (Å²) in [4.78, 5) is 31.8. The Bertz CT molecular complexity index is 773. The van der Waals surface area contributed by atoms with Crippen molar-refractivity contribution in [2.45, 2.75) is 0 Å². The second kappa shape index (κ2) is 5.78. The number of benzene rings is 2. The van der Waals surface area contributed by atoms with Gasteiger partial charge in [0.05, 0.1) is 20.4 Å². The Labute approximate surface area is 127 Å². The maximum atomic E-state index is 11.1. The van der Waals surface area contributed by atoms with Crippen LogP contribution in [0.5, 0.6) is 0 Å².